The molecule has 2 heterocycles. The summed E-state index contributed by atoms with van der Waals surface area (Å²) in [5.41, 5.74) is 33.7. The van der Waals surface area contributed by atoms with Gasteiger partial charge in [0.15, 0.2) is 0 Å². The van der Waals surface area contributed by atoms with Crippen LogP contribution >= 0.6 is 0 Å². The lowest BCUT2D eigenvalue weighted by Crippen LogP contribution is -2.14. The van der Waals surface area contributed by atoms with Crippen LogP contribution in [-0.2, 0) is 10.8 Å². The predicted molar refractivity (Wildman–Crippen MR) is 361 cm³/mol. The van der Waals surface area contributed by atoms with Crippen LogP contribution in [-0.4, -0.2) is 9.13 Å². The Morgan fingerprint density at radius 3 is 0.802 bits per heavy atom. The SMILES string of the molecule is CC1(C)c2ccccc2-c2ccc(-c3ccc(-c4cc5c(cc(-c6ccc(-c7ccc8c(c7)C(C)(C)c7ccccc7-8)cc6)n5-c5cc(-c6ccccc6)cc(-c6ccccc6)c5)n4-c4cc(-c5ccccc5)cc(-c5ccccc5)c4)cc3)cc21. The molecule has 16 rings (SSSR count). The van der Waals surface area contributed by atoms with E-state index >= 15 is 0 Å². The molecule has 0 N–H and O–H groups in total. The molecular formula is C84H62N2. The molecule has 0 spiro atoms. The van der Waals surface area contributed by atoms with E-state index in [9.17, 15) is 0 Å². The van der Waals surface area contributed by atoms with Crippen LogP contribution < -0.4 is 0 Å². The molecular weight excluding hydrogens is 1040 g/mol. The van der Waals surface area contributed by atoms with E-state index in [1.54, 1.807) is 0 Å². The highest BCUT2D eigenvalue weighted by molar-refractivity contribution is 5.96. The molecule has 86 heavy (non-hydrogen) atoms. The van der Waals surface area contributed by atoms with Crippen LogP contribution in [0.1, 0.15) is 49.9 Å². The highest BCUT2D eigenvalue weighted by Crippen LogP contribution is 2.52. The monoisotopic (exact) mass is 1100 g/mol. The fraction of sp³-hybridized carbons (Fsp3) is 0.0714. The van der Waals surface area contributed by atoms with Crippen molar-refractivity contribution in [3.8, 4) is 123 Å². The van der Waals surface area contributed by atoms with Gasteiger partial charge in [0, 0.05) is 22.2 Å². The quantitative estimate of drug-likeness (QED) is 0.129. The highest BCUT2D eigenvalue weighted by Gasteiger charge is 2.37. The topological polar surface area (TPSA) is 9.86 Å². The molecule has 2 aromatic heterocycles. The largest absolute Gasteiger partial charge is 0.308 e. The summed E-state index contributed by atoms with van der Waals surface area (Å²) in [7, 11) is 0. The zero-order chi connectivity index (χ0) is 57.7. The maximum Gasteiger partial charge on any atom is 0.0724 e. The Bertz CT molecular complexity index is 4490. The standard InChI is InChI=1S/C84H62N2/c1-83(2)75-31-19-17-29-71(75)73-43-41-63(51-77(73)83)59-33-37-61(38-34-59)79-53-81-82(85(79)69-47-65(55-21-9-5-10-22-55)45-66(48-69)56-23-11-6-12-24-56)54-80(86(81)70-49-67(57-25-13-7-14-26-57)46-68(50-70)58-27-15-8-16-28-58)62-39-35-60(36-40-62)64-42-44-74-72-30-18-20-32-76(72)84(3,4)78(74)52-64/h5-54H,1-4H3. The lowest BCUT2D eigenvalue weighted by molar-refractivity contribution is 0.660. The van der Waals surface area contributed by atoms with Gasteiger partial charge < -0.3 is 9.13 Å². The fourth-order valence-corrected chi connectivity index (χ4v) is 14.2. The number of benzene rings is 12. The van der Waals surface area contributed by atoms with E-state index in [1.807, 2.05) is 0 Å². The van der Waals surface area contributed by atoms with Gasteiger partial charge in [-0.15, -0.1) is 0 Å². The number of fused-ring (bicyclic) bond motifs is 7. The number of hydrogen-bond acceptors (Lipinski definition) is 0. The summed E-state index contributed by atoms with van der Waals surface area (Å²) in [4.78, 5) is 0. The Morgan fingerprint density at radius 2 is 0.465 bits per heavy atom. The van der Waals surface area contributed by atoms with Crippen molar-refractivity contribution < 1.29 is 0 Å². The van der Waals surface area contributed by atoms with Gasteiger partial charge in [0.2, 0.25) is 0 Å². The smallest absolute Gasteiger partial charge is 0.0724 e. The van der Waals surface area contributed by atoms with Crippen molar-refractivity contribution in [1.82, 2.24) is 9.13 Å². The zero-order valence-electron chi connectivity index (χ0n) is 48.8. The van der Waals surface area contributed by atoms with Crippen molar-refractivity contribution >= 4 is 11.0 Å². The van der Waals surface area contributed by atoms with Gasteiger partial charge in [-0.25, -0.2) is 0 Å². The molecule has 0 amide bonds. The predicted octanol–water partition coefficient (Wildman–Crippen LogP) is 22.4. The summed E-state index contributed by atoms with van der Waals surface area (Å²) >= 11 is 0. The Balaban J connectivity index is 0.921. The molecule has 0 aliphatic heterocycles. The van der Waals surface area contributed by atoms with Crippen LogP contribution in [0.5, 0.6) is 0 Å². The first-order valence-electron chi connectivity index (χ1n) is 30.1. The van der Waals surface area contributed by atoms with Crippen LogP contribution in [0.2, 0.25) is 0 Å². The molecule has 0 saturated carbocycles. The summed E-state index contributed by atoms with van der Waals surface area (Å²) in [6.45, 7) is 9.45. The van der Waals surface area contributed by atoms with E-state index in [-0.39, 0.29) is 10.8 Å². The first-order chi connectivity index (χ1) is 42.1. The van der Waals surface area contributed by atoms with Crippen LogP contribution in [0.15, 0.2) is 303 Å². The van der Waals surface area contributed by atoms with Gasteiger partial charge in [-0.1, -0.05) is 270 Å². The normalized spacial score (nSPS) is 13.3. The first-order valence-corrected chi connectivity index (χ1v) is 30.1. The number of hydrogen-bond donors (Lipinski definition) is 0. The maximum absolute atomic E-state index is 2.52. The summed E-state index contributed by atoms with van der Waals surface area (Å²) in [5, 5.41) is 0. The molecule has 14 aromatic rings. The Morgan fingerprint density at radius 1 is 0.198 bits per heavy atom. The van der Waals surface area contributed by atoms with Gasteiger partial charge in [-0.2, -0.15) is 0 Å². The van der Waals surface area contributed by atoms with E-state index in [0.29, 0.717) is 0 Å². The van der Waals surface area contributed by atoms with Crippen molar-refractivity contribution in [2.24, 2.45) is 0 Å². The lowest BCUT2D eigenvalue weighted by atomic mass is 9.81. The van der Waals surface area contributed by atoms with E-state index in [0.717, 1.165) is 67.2 Å². The fourth-order valence-electron chi connectivity index (χ4n) is 14.2. The second-order valence-corrected chi connectivity index (χ2v) is 24.5. The molecule has 0 atom stereocenters. The minimum Gasteiger partial charge on any atom is -0.308 e. The highest BCUT2D eigenvalue weighted by atomic mass is 15.1. The number of rotatable bonds is 10. The first kappa shape index (κ1) is 51.1. The van der Waals surface area contributed by atoms with E-state index in [1.165, 1.54) is 89.0 Å². The molecule has 2 aliphatic rings. The maximum atomic E-state index is 2.52. The van der Waals surface area contributed by atoms with E-state index in [4.69, 9.17) is 0 Å². The number of nitrogens with zero attached hydrogens (tertiary/aromatic N) is 2. The second-order valence-electron chi connectivity index (χ2n) is 24.5. The summed E-state index contributed by atoms with van der Waals surface area (Å²) in [6, 6.07) is 113. The summed E-state index contributed by atoms with van der Waals surface area (Å²) in [5.74, 6) is 0. The molecule has 0 unspecified atom stereocenters. The molecule has 408 valence electrons. The second kappa shape index (κ2) is 20.1. The van der Waals surface area contributed by atoms with E-state index < -0.39 is 0 Å². The van der Waals surface area contributed by atoms with Crippen molar-refractivity contribution in [3.05, 3.63) is 326 Å². The van der Waals surface area contributed by atoms with Crippen LogP contribution in [0.3, 0.4) is 0 Å². The summed E-state index contributed by atoms with van der Waals surface area (Å²) < 4.78 is 5.05. The van der Waals surface area contributed by atoms with E-state index in [2.05, 4.69) is 340 Å². The van der Waals surface area contributed by atoms with Crippen molar-refractivity contribution in [2.75, 3.05) is 0 Å². The number of aromatic nitrogens is 2. The minimum absolute atomic E-state index is 0.0912. The van der Waals surface area contributed by atoms with Gasteiger partial charge >= 0.3 is 0 Å². The molecule has 0 bridgehead atoms. The molecule has 2 aliphatic carbocycles. The summed E-state index contributed by atoms with van der Waals surface area (Å²) in [6.07, 6.45) is 0. The van der Waals surface area contributed by atoms with Gasteiger partial charge in [-0.3, -0.25) is 0 Å². The van der Waals surface area contributed by atoms with Crippen molar-refractivity contribution in [2.45, 2.75) is 38.5 Å². The molecule has 2 heteroatoms. The molecule has 12 aromatic carbocycles. The lowest BCUT2D eigenvalue weighted by Gasteiger charge is -2.22. The third-order valence-electron chi connectivity index (χ3n) is 18.7. The van der Waals surface area contributed by atoms with Crippen molar-refractivity contribution in [1.29, 1.82) is 0 Å². The van der Waals surface area contributed by atoms with Crippen LogP contribution in [0.25, 0.3) is 134 Å². The van der Waals surface area contributed by atoms with Crippen LogP contribution in [0.4, 0.5) is 0 Å². The van der Waals surface area contributed by atoms with Gasteiger partial charge in [-0.05, 0) is 183 Å². The van der Waals surface area contributed by atoms with Gasteiger partial charge in [0.1, 0.15) is 0 Å². The third-order valence-corrected chi connectivity index (χ3v) is 18.7. The van der Waals surface area contributed by atoms with Crippen LogP contribution in [0, 0.1) is 0 Å². The molecule has 0 saturated heterocycles. The average molecular weight is 1100 g/mol. The average Bonchev–Trinajstić information content (AvgIpc) is 2.66. The molecule has 0 fully saturated rings. The molecule has 2 nitrogen and oxygen atoms in total. The molecule has 0 radical (unpaired) electrons. The Hall–Kier alpha value is -10.5. The zero-order valence-corrected chi connectivity index (χ0v) is 48.8. The van der Waals surface area contributed by atoms with Crippen molar-refractivity contribution in [3.63, 3.8) is 0 Å². The third kappa shape index (κ3) is 8.46. The van der Waals surface area contributed by atoms with Gasteiger partial charge in [0.05, 0.1) is 22.4 Å². The minimum atomic E-state index is -0.0912. The Labute approximate surface area is 504 Å². The van der Waals surface area contributed by atoms with Gasteiger partial charge in [0.25, 0.3) is 0 Å². The Kier molecular flexibility index (Phi) is 11.9.